The predicted molar refractivity (Wildman–Crippen MR) is 76.6 cm³/mol. The van der Waals surface area contributed by atoms with Gasteiger partial charge in [0.1, 0.15) is 5.75 Å². The largest absolute Gasteiger partial charge is 0.507 e. The second-order valence-electron chi connectivity index (χ2n) is 5.22. The molecule has 6 heteroatoms. The molecule has 0 unspecified atom stereocenters. The van der Waals surface area contributed by atoms with Gasteiger partial charge in [-0.05, 0) is 18.2 Å². The molecule has 0 spiro atoms. The minimum Gasteiger partial charge on any atom is -0.507 e. The first-order valence-corrected chi connectivity index (χ1v) is 6.78. The maximum atomic E-state index is 14.5. The molecule has 1 aromatic carbocycles. The highest BCUT2D eigenvalue weighted by molar-refractivity contribution is 5.82. The third kappa shape index (κ3) is 1.87. The Morgan fingerprint density at radius 1 is 1.19 bits per heavy atom. The average molecular weight is 284 g/mol. The van der Waals surface area contributed by atoms with Gasteiger partial charge in [-0.2, -0.15) is 0 Å². The Labute approximate surface area is 119 Å². The number of benzene rings is 1. The maximum Gasteiger partial charge on any atom is 0.163 e. The van der Waals surface area contributed by atoms with Crippen molar-refractivity contribution in [3.05, 3.63) is 41.8 Å². The quantitative estimate of drug-likeness (QED) is 0.674. The van der Waals surface area contributed by atoms with Crippen LogP contribution in [0.25, 0.3) is 22.3 Å². The second-order valence-corrected chi connectivity index (χ2v) is 5.22. The average Bonchev–Trinajstić information content (AvgIpc) is 2.75. The summed E-state index contributed by atoms with van der Waals surface area (Å²) in [6.45, 7) is 1.53. The summed E-state index contributed by atoms with van der Waals surface area (Å²) in [5.41, 5.74) is 2.01. The van der Waals surface area contributed by atoms with Crippen molar-refractivity contribution < 1.29 is 9.50 Å². The van der Waals surface area contributed by atoms with Crippen LogP contribution in [0.15, 0.2) is 30.3 Å². The maximum absolute atomic E-state index is 14.5. The number of aromatic hydroxyl groups is 1. The van der Waals surface area contributed by atoms with Gasteiger partial charge in [-0.1, -0.05) is 12.1 Å². The molecule has 3 heterocycles. The van der Waals surface area contributed by atoms with Gasteiger partial charge in [0, 0.05) is 24.6 Å². The summed E-state index contributed by atoms with van der Waals surface area (Å²) >= 11 is 0. The van der Waals surface area contributed by atoms with E-state index in [1.165, 1.54) is 0 Å². The Morgan fingerprint density at radius 3 is 2.71 bits per heavy atom. The van der Waals surface area contributed by atoms with Crippen molar-refractivity contribution in [2.24, 2.45) is 0 Å². The fourth-order valence-electron chi connectivity index (χ4n) is 2.57. The molecule has 0 radical (unpaired) electrons. The molecule has 0 aliphatic carbocycles. The molecule has 1 aliphatic rings. The van der Waals surface area contributed by atoms with Crippen LogP contribution in [0.5, 0.6) is 5.75 Å². The lowest BCUT2D eigenvalue weighted by atomic mass is 9.99. The highest BCUT2D eigenvalue weighted by atomic mass is 19.1. The monoisotopic (exact) mass is 284 g/mol. The van der Waals surface area contributed by atoms with Crippen LogP contribution in [0.2, 0.25) is 0 Å². The van der Waals surface area contributed by atoms with Gasteiger partial charge in [0.25, 0.3) is 0 Å². The molecule has 0 saturated carbocycles. The molecule has 0 atom stereocenters. The van der Waals surface area contributed by atoms with Crippen molar-refractivity contribution in [1.82, 2.24) is 20.5 Å². The molecule has 3 N–H and O–H groups in total. The Kier molecular flexibility index (Phi) is 2.65. The summed E-state index contributed by atoms with van der Waals surface area (Å²) in [4.78, 5) is 3.01. The molecule has 1 fully saturated rings. The molecule has 21 heavy (non-hydrogen) atoms. The first kappa shape index (κ1) is 12.3. The number of nitrogens with one attached hydrogen (secondary N) is 2. The summed E-state index contributed by atoms with van der Waals surface area (Å²) in [7, 11) is 0. The SMILES string of the molecule is Oc1ccccc1-c1cc2c(F)c(C3CNC3)[nH]c2nn1. The third-order valence-electron chi connectivity index (χ3n) is 3.89. The molecule has 0 bridgehead atoms. The van der Waals surface area contributed by atoms with Gasteiger partial charge in [-0.3, -0.25) is 0 Å². The van der Waals surface area contributed by atoms with Crippen LogP contribution < -0.4 is 5.32 Å². The van der Waals surface area contributed by atoms with Crippen LogP contribution in [-0.4, -0.2) is 33.4 Å². The lowest BCUT2D eigenvalue weighted by molar-refractivity contribution is 0.425. The lowest BCUT2D eigenvalue weighted by Crippen LogP contribution is -2.40. The zero-order chi connectivity index (χ0) is 14.4. The summed E-state index contributed by atoms with van der Waals surface area (Å²) in [6, 6.07) is 8.44. The van der Waals surface area contributed by atoms with Gasteiger partial charge in [-0.15, -0.1) is 10.2 Å². The highest BCUT2D eigenvalue weighted by Crippen LogP contribution is 2.31. The first-order valence-electron chi connectivity index (χ1n) is 6.78. The Balaban J connectivity index is 1.86. The summed E-state index contributed by atoms with van der Waals surface area (Å²) in [5, 5.41) is 21.5. The van der Waals surface area contributed by atoms with Gasteiger partial charge >= 0.3 is 0 Å². The molecule has 1 saturated heterocycles. The standard InChI is InChI=1S/C15H13FN4O/c16-13-10-5-11(9-3-1-2-4-12(9)21)19-20-15(10)18-14(13)8-6-17-7-8/h1-5,8,17,21H,6-7H2,(H,18,20). The number of nitrogens with zero attached hydrogens (tertiary/aromatic N) is 2. The van der Waals surface area contributed by atoms with Crippen molar-refractivity contribution in [3.8, 4) is 17.0 Å². The van der Waals surface area contributed by atoms with Crippen molar-refractivity contribution >= 4 is 11.0 Å². The second kappa shape index (κ2) is 4.53. The molecular weight excluding hydrogens is 271 g/mol. The van der Waals surface area contributed by atoms with Crippen LogP contribution >= 0.6 is 0 Å². The number of aromatic amines is 1. The molecular formula is C15H13FN4O. The fraction of sp³-hybridized carbons (Fsp3) is 0.200. The number of phenolic OH excluding ortho intramolecular Hbond substituents is 1. The third-order valence-corrected chi connectivity index (χ3v) is 3.89. The number of para-hydroxylation sites is 1. The number of rotatable bonds is 2. The van der Waals surface area contributed by atoms with Crippen molar-refractivity contribution in [1.29, 1.82) is 0 Å². The van der Waals surface area contributed by atoms with E-state index in [1.54, 1.807) is 30.3 Å². The van der Waals surface area contributed by atoms with Gasteiger partial charge in [0.15, 0.2) is 11.5 Å². The van der Waals surface area contributed by atoms with Crippen LogP contribution in [0, 0.1) is 5.82 Å². The van der Waals surface area contributed by atoms with E-state index in [2.05, 4.69) is 20.5 Å². The number of phenols is 1. The molecule has 3 aromatic rings. The highest BCUT2D eigenvalue weighted by Gasteiger charge is 2.26. The Hall–Kier alpha value is -2.47. The summed E-state index contributed by atoms with van der Waals surface area (Å²) in [6.07, 6.45) is 0. The van der Waals surface area contributed by atoms with Crippen molar-refractivity contribution in [2.45, 2.75) is 5.92 Å². The lowest BCUT2D eigenvalue weighted by Gasteiger charge is -2.25. The van der Waals surface area contributed by atoms with Gasteiger partial charge in [0.2, 0.25) is 0 Å². The Bertz CT molecular complexity index is 826. The zero-order valence-corrected chi connectivity index (χ0v) is 11.1. The minimum absolute atomic E-state index is 0.102. The molecule has 0 amide bonds. The van der Waals surface area contributed by atoms with E-state index in [9.17, 15) is 9.50 Å². The summed E-state index contributed by atoms with van der Waals surface area (Å²) < 4.78 is 14.5. The van der Waals surface area contributed by atoms with Crippen LogP contribution in [-0.2, 0) is 0 Å². The van der Waals surface area contributed by atoms with Gasteiger partial charge in [0.05, 0.1) is 16.8 Å². The minimum atomic E-state index is -0.275. The van der Waals surface area contributed by atoms with E-state index >= 15 is 0 Å². The molecule has 1 aliphatic heterocycles. The van der Waals surface area contributed by atoms with E-state index < -0.39 is 0 Å². The van der Waals surface area contributed by atoms with Gasteiger partial charge < -0.3 is 15.4 Å². The first-order chi connectivity index (χ1) is 10.2. The molecule has 5 nitrogen and oxygen atoms in total. The van der Waals surface area contributed by atoms with Crippen LogP contribution in [0.4, 0.5) is 4.39 Å². The van der Waals surface area contributed by atoms with E-state index in [0.717, 1.165) is 13.1 Å². The Morgan fingerprint density at radius 2 is 2.00 bits per heavy atom. The normalized spacial score (nSPS) is 15.3. The number of aromatic nitrogens is 3. The number of H-pyrrole nitrogens is 1. The molecule has 4 rings (SSSR count). The molecule has 2 aromatic heterocycles. The van der Waals surface area contributed by atoms with E-state index in [-0.39, 0.29) is 17.5 Å². The summed E-state index contributed by atoms with van der Waals surface area (Å²) in [5.74, 6) is -0.0126. The predicted octanol–water partition coefficient (Wildman–Crippen LogP) is 2.16. The smallest absolute Gasteiger partial charge is 0.163 e. The van der Waals surface area contributed by atoms with E-state index in [4.69, 9.17) is 0 Å². The number of halogens is 1. The topological polar surface area (TPSA) is 73.8 Å². The molecule has 106 valence electrons. The fourth-order valence-corrected chi connectivity index (χ4v) is 2.57. The van der Waals surface area contributed by atoms with E-state index in [0.29, 0.717) is 28.0 Å². The number of hydrogen-bond acceptors (Lipinski definition) is 4. The van der Waals surface area contributed by atoms with Crippen molar-refractivity contribution in [2.75, 3.05) is 13.1 Å². The van der Waals surface area contributed by atoms with Crippen LogP contribution in [0.1, 0.15) is 11.6 Å². The van der Waals surface area contributed by atoms with Crippen molar-refractivity contribution in [3.63, 3.8) is 0 Å². The van der Waals surface area contributed by atoms with E-state index in [1.807, 2.05) is 0 Å². The number of hydrogen-bond donors (Lipinski definition) is 3. The zero-order valence-electron chi connectivity index (χ0n) is 11.1. The van der Waals surface area contributed by atoms with Gasteiger partial charge in [-0.25, -0.2) is 4.39 Å². The van der Waals surface area contributed by atoms with Crippen LogP contribution in [0.3, 0.4) is 0 Å². The number of fused-ring (bicyclic) bond motifs is 1.